The molecule has 0 spiro atoms. The molecule has 1 saturated heterocycles. The third-order valence-corrected chi connectivity index (χ3v) is 4.62. The van der Waals surface area contributed by atoms with Gasteiger partial charge in [0.15, 0.2) is 0 Å². The first-order chi connectivity index (χ1) is 13.6. The van der Waals surface area contributed by atoms with Crippen LogP contribution in [0.15, 0.2) is 48.7 Å². The van der Waals surface area contributed by atoms with Gasteiger partial charge in [-0.15, -0.1) is 0 Å². The minimum absolute atomic E-state index is 0.216. The molecule has 1 fully saturated rings. The van der Waals surface area contributed by atoms with Crippen LogP contribution in [0.2, 0.25) is 0 Å². The Morgan fingerprint density at radius 3 is 2.18 bits per heavy atom. The summed E-state index contributed by atoms with van der Waals surface area (Å²) in [5.41, 5.74) is -0.216. The molecule has 1 aliphatic heterocycles. The van der Waals surface area contributed by atoms with Crippen LogP contribution >= 0.6 is 0 Å². The Hall–Kier alpha value is -3.29. The lowest BCUT2D eigenvalue weighted by molar-refractivity contribution is 0.590. The van der Waals surface area contributed by atoms with Crippen molar-refractivity contribution in [2.45, 2.75) is 6.92 Å². The lowest BCUT2D eigenvalue weighted by Crippen LogP contribution is -2.47. The van der Waals surface area contributed by atoms with Gasteiger partial charge in [0.25, 0.3) is 0 Å². The van der Waals surface area contributed by atoms with Gasteiger partial charge in [-0.05, 0) is 31.2 Å². The number of hydrogen-bond acceptors (Lipinski definition) is 6. The number of aryl methyl sites for hydroxylation is 1. The van der Waals surface area contributed by atoms with Crippen LogP contribution in [-0.2, 0) is 0 Å². The predicted octanol–water partition coefficient (Wildman–Crippen LogP) is 3.53. The van der Waals surface area contributed by atoms with Crippen molar-refractivity contribution in [2.75, 3.05) is 41.3 Å². The maximum Gasteiger partial charge on any atom is 0.149 e. The Labute approximate surface area is 161 Å². The molecule has 4 rings (SSSR count). The summed E-state index contributed by atoms with van der Waals surface area (Å²) in [5, 5.41) is 2.75. The molecule has 0 atom stereocenters. The summed E-state index contributed by atoms with van der Waals surface area (Å²) in [7, 11) is 0. The van der Waals surface area contributed by atoms with Gasteiger partial charge in [0.05, 0.1) is 0 Å². The molecule has 0 unspecified atom stereocenters. The quantitative estimate of drug-likeness (QED) is 0.745. The summed E-state index contributed by atoms with van der Waals surface area (Å²) in [5.74, 6) is 1.25. The molecule has 28 heavy (non-hydrogen) atoms. The van der Waals surface area contributed by atoms with Crippen molar-refractivity contribution >= 4 is 23.1 Å². The second-order valence-electron chi connectivity index (χ2n) is 6.54. The molecular formula is C20H20F2N6. The van der Waals surface area contributed by atoms with E-state index in [1.165, 1.54) is 18.2 Å². The molecule has 1 N–H and O–H groups in total. The summed E-state index contributed by atoms with van der Waals surface area (Å²) < 4.78 is 27.9. The predicted molar refractivity (Wildman–Crippen MR) is 105 cm³/mol. The van der Waals surface area contributed by atoms with Gasteiger partial charge in [0.1, 0.15) is 40.6 Å². The van der Waals surface area contributed by atoms with Gasteiger partial charge in [-0.25, -0.2) is 23.7 Å². The standard InChI is InChI=1S/C20H20F2N6/c1-14-24-17(26-20-15(21)5-4-6-16(20)22)13-19(25-14)28-11-9-27(10-12-28)18-7-2-3-8-23-18/h2-8,13H,9-12H2,1H3,(H,24,25,26). The molecule has 3 aromatic rings. The first-order valence-electron chi connectivity index (χ1n) is 9.08. The summed E-state index contributed by atoms with van der Waals surface area (Å²) in [6.07, 6.45) is 1.79. The minimum atomic E-state index is -0.665. The van der Waals surface area contributed by atoms with Crippen LogP contribution in [0.25, 0.3) is 0 Å². The van der Waals surface area contributed by atoms with Crippen LogP contribution in [0.5, 0.6) is 0 Å². The van der Waals surface area contributed by atoms with E-state index >= 15 is 0 Å². The zero-order valence-corrected chi connectivity index (χ0v) is 15.4. The lowest BCUT2D eigenvalue weighted by atomic mass is 10.2. The normalized spacial score (nSPS) is 14.2. The molecule has 0 aliphatic carbocycles. The molecule has 3 heterocycles. The number of hydrogen-bond donors (Lipinski definition) is 1. The van der Waals surface area contributed by atoms with E-state index in [1.54, 1.807) is 19.2 Å². The van der Waals surface area contributed by atoms with Crippen molar-refractivity contribution in [3.05, 3.63) is 66.1 Å². The molecule has 8 heteroatoms. The number of anilines is 4. The maximum absolute atomic E-state index is 13.9. The average molecular weight is 382 g/mol. The highest BCUT2D eigenvalue weighted by Gasteiger charge is 2.20. The molecule has 1 aliphatic rings. The fraction of sp³-hybridized carbons (Fsp3) is 0.250. The molecule has 1 aromatic carbocycles. The smallest absolute Gasteiger partial charge is 0.149 e. The van der Waals surface area contributed by atoms with Crippen molar-refractivity contribution < 1.29 is 8.78 Å². The molecule has 144 valence electrons. The van der Waals surface area contributed by atoms with Gasteiger partial charge >= 0.3 is 0 Å². The number of aromatic nitrogens is 3. The van der Waals surface area contributed by atoms with Gasteiger partial charge in [-0.2, -0.15) is 0 Å². The third-order valence-electron chi connectivity index (χ3n) is 4.62. The van der Waals surface area contributed by atoms with Crippen molar-refractivity contribution in [1.82, 2.24) is 15.0 Å². The Balaban J connectivity index is 1.50. The third kappa shape index (κ3) is 3.85. The number of piperazine rings is 1. The molecular weight excluding hydrogens is 362 g/mol. The molecule has 0 amide bonds. The SMILES string of the molecule is Cc1nc(Nc2c(F)cccc2F)cc(N2CCN(c3ccccn3)CC2)n1. The van der Waals surface area contributed by atoms with E-state index in [0.717, 1.165) is 37.8 Å². The second-order valence-corrected chi connectivity index (χ2v) is 6.54. The van der Waals surface area contributed by atoms with Crippen molar-refractivity contribution in [3.63, 3.8) is 0 Å². The van der Waals surface area contributed by atoms with E-state index in [2.05, 4.69) is 30.1 Å². The molecule has 0 bridgehead atoms. The van der Waals surface area contributed by atoms with Crippen LogP contribution in [0.4, 0.5) is 31.9 Å². The molecule has 6 nitrogen and oxygen atoms in total. The van der Waals surface area contributed by atoms with Crippen molar-refractivity contribution in [2.24, 2.45) is 0 Å². The van der Waals surface area contributed by atoms with Crippen LogP contribution in [0, 0.1) is 18.6 Å². The van der Waals surface area contributed by atoms with Gasteiger partial charge in [0, 0.05) is 38.4 Å². The molecule has 0 saturated carbocycles. The second kappa shape index (κ2) is 7.75. The Bertz CT molecular complexity index is 938. The maximum atomic E-state index is 13.9. The fourth-order valence-corrected chi connectivity index (χ4v) is 3.23. The van der Waals surface area contributed by atoms with E-state index in [4.69, 9.17) is 0 Å². The minimum Gasteiger partial charge on any atom is -0.353 e. The van der Waals surface area contributed by atoms with Crippen molar-refractivity contribution in [1.29, 1.82) is 0 Å². The van der Waals surface area contributed by atoms with Gasteiger partial charge in [0.2, 0.25) is 0 Å². The van der Waals surface area contributed by atoms with E-state index in [-0.39, 0.29) is 5.69 Å². The molecule has 2 aromatic heterocycles. The largest absolute Gasteiger partial charge is 0.353 e. The Morgan fingerprint density at radius 1 is 0.857 bits per heavy atom. The zero-order chi connectivity index (χ0) is 19.5. The fourth-order valence-electron chi connectivity index (χ4n) is 3.23. The van der Waals surface area contributed by atoms with Crippen LogP contribution in [0.1, 0.15) is 5.82 Å². The van der Waals surface area contributed by atoms with Crippen molar-refractivity contribution in [3.8, 4) is 0 Å². The average Bonchev–Trinajstić information content (AvgIpc) is 2.71. The first-order valence-corrected chi connectivity index (χ1v) is 9.08. The number of para-hydroxylation sites is 1. The zero-order valence-electron chi connectivity index (χ0n) is 15.4. The van der Waals surface area contributed by atoms with E-state index < -0.39 is 11.6 Å². The Morgan fingerprint density at radius 2 is 1.54 bits per heavy atom. The topological polar surface area (TPSA) is 57.2 Å². The highest BCUT2D eigenvalue weighted by Crippen LogP contribution is 2.25. The highest BCUT2D eigenvalue weighted by atomic mass is 19.1. The van der Waals surface area contributed by atoms with Crippen LogP contribution in [-0.4, -0.2) is 41.1 Å². The van der Waals surface area contributed by atoms with Gasteiger partial charge in [-0.1, -0.05) is 12.1 Å². The monoisotopic (exact) mass is 382 g/mol. The summed E-state index contributed by atoms with van der Waals surface area (Å²) in [4.78, 5) is 17.5. The lowest BCUT2D eigenvalue weighted by Gasteiger charge is -2.36. The summed E-state index contributed by atoms with van der Waals surface area (Å²) >= 11 is 0. The summed E-state index contributed by atoms with van der Waals surface area (Å²) in [6.45, 7) is 4.91. The summed E-state index contributed by atoms with van der Waals surface area (Å²) in [6, 6.07) is 11.3. The number of pyridine rings is 1. The number of benzene rings is 1. The highest BCUT2D eigenvalue weighted by molar-refractivity contribution is 5.61. The van der Waals surface area contributed by atoms with Crippen LogP contribution < -0.4 is 15.1 Å². The van der Waals surface area contributed by atoms with E-state index in [9.17, 15) is 8.78 Å². The van der Waals surface area contributed by atoms with Gasteiger partial charge < -0.3 is 15.1 Å². The number of halogens is 2. The van der Waals surface area contributed by atoms with E-state index in [1.807, 2.05) is 18.2 Å². The number of rotatable bonds is 4. The molecule has 0 radical (unpaired) electrons. The van der Waals surface area contributed by atoms with E-state index in [0.29, 0.717) is 11.6 Å². The Kier molecular flexibility index (Phi) is 5.01. The first kappa shape index (κ1) is 18.1. The number of nitrogens with one attached hydrogen (secondary N) is 1. The van der Waals surface area contributed by atoms with Gasteiger partial charge in [-0.3, -0.25) is 0 Å². The van der Waals surface area contributed by atoms with Crippen LogP contribution in [0.3, 0.4) is 0 Å². The number of nitrogens with zero attached hydrogens (tertiary/aromatic N) is 5.